The molecule has 8 heteroatoms. The standard InChI is InChI=1S/C24H28FN5O2/c1-17-7-9-19(10-8-17)23-27-22(32-28-23)16-29-11-13-30(14-12-29)18(2)24(31)26-15-20-5-3-4-6-21(20)25/h3-10,18H,11-16H2,1-2H3,(H,26,31). The van der Waals surface area contributed by atoms with Crippen molar-refractivity contribution in [2.24, 2.45) is 0 Å². The Morgan fingerprint density at radius 1 is 1.12 bits per heavy atom. The van der Waals surface area contributed by atoms with E-state index in [1.807, 2.05) is 38.1 Å². The molecule has 1 aromatic heterocycles. The molecule has 3 aromatic rings. The largest absolute Gasteiger partial charge is 0.351 e. The van der Waals surface area contributed by atoms with Gasteiger partial charge in [0.15, 0.2) is 0 Å². The second-order valence-electron chi connectivity index (χ2n) is 8.18. The van der Waals surface area contributed by atoms with Gasteiger partial charge in [-0.1, -0.05) is 53.2 Å². The number of rotatable bonds is 7. The van der Waals surface area contributed by atoms with E-state index in [0.717, 1.165) is 31.7 Å². The van der Waals surface area contributed by atoms with Crippen LogP contribution in [-0.4, -0.2) is 58.1 Å². The van der Waals surface area contributed by atoms with Gasteiger partial charge in [-0.05, 0) is 19.9 Å². The maximum Gasteiger partial charge on any atom is 0.241 e. The minimum Gasteiger partial charge on any atom is -0.351 e. The van der Waals surface area contributed by atoms with Crippen molar-refractivity contribution in [3.63, 3.8) is 0 Å². The van der Waals surface area contributed by atoms with Crippen molar-refractivity contribution in [3.8, 4) is 11.4 Å². The highest BCUT2D eigenvalue weighted by molar-refractivity contribution is 5.81. The Hall–Kier alpha value is -3.10. The van der Waals surface area contributed by atoms with Crippen LogP contribution in [0.25, 0.3) is 11.4 Å². The van der Waals surface area contributed by atoms with Crippen molar-refractivity contribution in [1.29, 1.82) is 0 Å². The number of benzene rings is 2. The molecule has 1 atom stereocenters. The van der Waals surface area contributed by atoms with Crippen LogP contribution in [0.5, 0.6) is 0 Å². The van der Waals surface area contributed by atoms with Gasteiger partial charge in [0.2, 0.25) is 17.6 Å². The second kappa shape index (κ2) is 10.0. The summed E-state index contributed by atoms with van der Waals surface area (Å²) < 4.78 is 19.2. The lowest BCUT2D eigenvalue weighted by Gasteiger charge is -2.36. The number of hydrogen-bond donors (Lipinski definition) is 1. The van der Waals surface area contributed by atoms with Crippen LogP contribution in [0, 0.1) is 12.7 Å². The van der Waals surface area contributed by atoms with Gasteiger partial charge in [0.05, 0.1) is 12.6 Å². The third-order valence-electron chi connectivity index (χ3n) is 5.88. The predicted molar refractivity (Wildman–Crippen MR) is 119 cm³/mol. The maximum absolute atomic E-state index is 13.7. The molecule has 1 amide bonds. The molecule has 1 aliphatic heterocycles. The van der Waals surface area contributed by atoms with Crippen LogP contribution < -0.4 is 5.32 Å². The number of carbonyl (C=O) groups excluding carboxylic acids is 1. The lowest BCUT2D eigenvalue weighted by Crippen LogP contribution is -2.53. The van der Waals surface area contributed by atoms with Gasteiger partial charge in [-0.25, -0.2) is 4.39 Å². The van der Waals surface area contributed by atoms with Gasteiger partial charge in [-0.15, -0.1) is 0 Å². The van der Waals surface area contributed by atoms with Crippen molar-refractivity contribution in [2.75, 3.05) is 26.2 Å². The number of piperazine rings is 1. The Morgan fingerprint density at radius 2 is 1.84 bits per heavy atom. The zero-order valence-corrected chi connectivity index (χ0v) is 18.4. The molecule has 1 fully saturated rings. The van der Waals surface area contributed by atoms with E-state index in [2.05, 4.69) is 25.3 Å². The molecule has 7 nitrogen and oxygen atoms in total. The lowest BCUT2D eigenvalue weighted by atomic mass is 10.1. The Balaban J connectivity index is 1.24. The first kappa shape index (κ1) is 22.1. The molecule has 0 aliphatic carbocycles. The third-order valence-corrected chi connectivity index (χ3v) is 5.88. The first-order valence-electron chi connectivity index (χ1n) is 10.9. The zero-order chi connectivity index (χ0) is 22.5. The van der Waals surface area contributed by atoms with E-state index in [0.29, 0.717) is 23.8 Å². The molecule has 0 radical (unpaired) electrons. The quantitative estimate of drug-likeness (QED) is 0.613. The van der Waals surface area contributed by atoms with Crippen LogP contribution in [-0.2, 0) is 17.9 Å². The van der Waals surface area contributed by atoms with Crippen molar-refractivity contribution in [3.05, 3.63) is 71.4 Å². The molecule has 0 saturated carbocycles. The number of halogens is 1. The van der Waals surface area contributed by atoms with Crippen LogP contribution in [0.4, 0.5) is 4.39 Å². The smallest absolute Gasteiger partial charge is 0.241 e. The summed E-state index contributed by atoms with van der Waals surface area (Å²) in [6.45, 7) is 7.81. The van der Waals surface area contributed by atoms with Crippen molar-refractivity contribution < 1.29 is 13.7 Å². The van der Waals surface area contributed by atoms with E-state index < -0.39 is 0 Å². The normalized spacial score (nSPS) is 16.1. The number of nitrogens with one attached hydrogen (secondary N) is 1. The van der Waals surface area contributed by atoms with Crippen molar-refractivity contribution in [1.82, 2.24) is 25.3 Å². The summed E-state index contributed by atoms with van der Waals surface area (Å²) in [5.41, 5.74) is 2.61. The van der Waals surface area contributed by atoms with Gasteiger partial charge in [-0.2, -0.15) is 4.98 Å². The van der Waals surface area contributed by atoms with Crippen LogP contribution in [0.1, 0.15) is 23.9 Å². The van der Waals surface area contributed by atoms with Gasteiger partial charge in [0.25, 0.3) is 0 Å². The molecular formula is C24H28FN5O2. The van der Waals surface area contributed by atoms with Crippen molar-refractivity contribution in [2.45, 2.75) is 33.0 Å². The van der Waals surface area contributed by atoms with Gasteiger partial charge < -0.3 is 9.84 Å². The number of aromatic nitrogens is 2. The molecule has 1 N–H and O–H groups in total. The molecule has 2 aromatic carbocycles. The minimum absolute atomic E-state index is 0.0960. The first-order valence-corrected chi connectivity index (χ1v) is 10.9. The van der Waals surface area contributed by atoms with Crippen LogP contribution in [0.3, 0.4) is 0 Å². The summed E-state index contributed by atoms with van der Waals surface area (Å²) in [5.74, 6) is 0.783. The fraction of sp³-hybridized carbons (Fsp3) is 0.375. The molecule has 0 bridgehead atoms. The summed E-state index contributed by atoms with van der Waals surface area (Å²) in [6, 6.07) is 14.2. The molecule has 168 valence electrons. The van der Waals surface area contributed by atoms with Crippen LogP contribution in [0.2, 0.25) is 0 Å². The number of amides is 1. The summed E-state index contributed by atoms with van der Waals surface area (Å²) >= 11 is 0. The number of hydrogen-bond acceptors (Lipinski definition) is 6. The molecule has 32 heavy (non-hydrogen) atoms. The zero-order valence-electron chi connectivity index (χ0n) is 18.4. The van der Waals surface area contributed by atoms with Crippen LogP contribution >= 0.6 is 0 Å². The van der Waals surface area contributed by atoms with E-state index in [9.17, 15) is 9.18 Å². The van der Waals surface area contributed by atoms with E-state index in [1.54, 1.807) is 18.2 Å². The fourth-order valence-electron chi connectivity index (χ4n) is 3.78. The fourth-order valence-corrected chi connectivity index (χ4v) is 3.78. The minimum atomic E-state index is -0.305. The maximum atomic E-state index is 13.7. The highest BCUT2D eigenvalue weighted by atomic mass is 19.1. The highest BCUT2D eigenvalue weighted by Crippen LogP contribution is 2.17. The molecule has 1 unspecified atom stereocenters. The second-order valence-corrected chi connectivity index (χ2v) is 8.18. The van der Waals surface area contributed by atoms with E-state index in [1.165, 1.54) is 11.6 Å². The summed E-state index contributed by atoms with van der Waals surface area (Å²) in [7, 11) is 0. The van der Waals surface area contributed by atoms with Crippen LogP contribution in [0.15, 0.2) is 53.1 Å². The number of aryl methyl sites for hydroxylation is 1. The summed E-state index contributed by atoms with van der Waals surface area (Å²) in [6.07, 6.45) is 0. The van der Waals surface area contributed by atoms with E-state index in [4.69, 9.17) is 4.52 Å². The van der Waals surface area contributed by atoms with E-state index >= 15 is 0 Å². The van der Waals surface area contributed by atoms with Gasteiger partial charge in [0, 0.05) is 43.9 Å². The Kier molecular flexibility index (Phi) is 6.92. The highest BCUT2D eigenvalue weighted by Gasteiger charge is 2.26. The number of nitrogens with zero attached hydrogens (tertiary/aromatic N) is 4. The average Bonchev–Trinajstić information content (AvgIpc) is 3.27. The summed E-state index contributed by atoms with van der Waals surface area (Å²) in [5, 5.41) is 6.94. The SMILES string of the molecule is Cc1ccc(-c2noc(CN3CCN(C(C)C(=O)NCc4ccccc4F)CC3)n2)cc1. The Bertz CT molecular complexity index is 1040. The topological polar surface area (TPSA) is 74.5 Å². The first-order chi connectivity index (χ1) is 15.5. The molecular weight excluding hydrogens is 409 g/mol. The van der Waals surface area contributed by atoms with E-state index in [-0.39, 0.29) is 24.3 Å². The Morgan fingerprint density at radius 3 is 2.56 bits per heavy atom. The van der Waals surface area contributed by atoms with Gasteiger partial charge >= 0.3 is 0 Å². The lowest BCUT2D eigenvalue weighted by molar-refractivity contribution is -0.126. The molecule has 1 aliphatic rings. The number of carbonyl (C=O) groups is 1. The molecule has 0 spiro atoms. The Labute approximate surface area is 187 Å². The molecule has 2 heterocycles. The van der Waals surface area contributed by atoms with Crippen molar-refractivity contribution >= 4 is 5.91 Å². The molecule has 1 saturated heterocycles. The predicted octanol–water partition coefficient (Wildman–Crippen LogP) is 3.01. The molecule has 4 rings (SSSR count). The van der Waals surface area contributed by atoms with Gasteiger partial charge in [-0.3, -0.25) is 14.6 Å². The average molecular weight is 438 g/mol. The summed E-state index contributed by atoms with van der Waals surface area (Å²) in [4.78, 5) is 21.4. The third kappa shape index (κ3) is 5.38. The monoisotopic (exact) mass is 437 g/mol. The van der Waals surface area contributed by atoms with Gasteiger partial charge in [0.1, 0.15) is 5.82 Å².